The number of primary amides is 1. The monoisotopic (exact) mass is 256 g/mol. The van der Waals surface area contributed by atoms with E-state index in [0.717, 1.165) is 19.6 Å². The highest BCUT2D eigenvalue weighted by Crippen LogP contribution is 2.16. The van der Waals surface area contributed by atoms with E-state index in [1.807, 2.05) is 13.8 Å². The molecule has 0 radical (unpaired) electrons. The lowest BCUT2D eigenvalue weighted by atomic mass is 9.97. The zero-order valence-corrected chi connectivity index (χ0v) is 12.2. The standard InChI is InChI=1S/C13H28N4O/c1-5-15-13(2,12(14)18)10-17-8-6-7-11(9-17)16(3)4/h11,15H,5-10H2,1-4H3,(H2,14,18). The predicted octanol–water partition coefficient (Wildman–Crippen LogP) is -0.134. The van der Waals surface area contributed by atoms with Gasteiger partial charge in [-0.15, -0.1) is 0 Å². The Morgan fingerprint density at radius 1 is 1.56 bits per heavy atom. The summed E-state index contributed by atoms with van der Waals surface area (Å²) in [6, 6.07) is 0.581. The van der Waals surface area contributed by atoms with Crippen molar-refractivity contribution in [3.63, 3.8) is 0 Å². The summed E-state index contributed by atoms with van der Waals surface area (Å²) in [4.78, 5) is 16.2. The van der Waals surface area contributed by atoms with Gasteiger partial charge >= 0.3 is 0 Å². The van der Waals surface area contributed by atoms with E-state index in [1.54, 1.807) is 0 Å². The van der Waals surface area contributed by atoms with Gasteiger partial charge in [0.2, 0.25) is 5.91 Å². The summed E-state index contributed by atoms with van der Waals surface area (Å²) in [7, 11) is 4.23. The van der Waals surface area contributed by atoms with Gasteiger partial charge in [-0.1, -0.05) is 6.92 Å². The van der Waals surface area contributed by atoms with Crippen molar-refractivity contribution in [2.24, 2.45) is 5.73 Å². The molecule has 3 N–H and O–H groups in total. The fraction of sp³-hybridized carbons (Fsp3) is 0.923. The molecule has 1 aliphatic rings. The summed E-state index contributed by atoms with van der Waals surface area (Å²) < 4.78 is 0. The van der Waals surface area contributed by atoms with Crippen molar-refractivity contribution in [1.29, 1.82) is 0 Å². The van der Waals surface area contributed by atoms with Gasteiger partial charge in [0.25, 0.3) is 0 Å². The van der Waals surface area contributed by atoms with Gasteiger partial charge in [-0.05, 0) is 47.0 Å². The molecule has 2 unspecified atom stereocenters. The maximum Gasteiger partial charge on any atom is 0.238 e. The molecule has 0 bridgehead atoms. The maximum absolute atomic E-state index is 11.6. The molecule has 0 aromatic rings. The third-order valence-corrected chi connectivity index (χ3v) is 3.86. The lowest BCUT2D eigenvalue weighted by Crippen LogP contribution is -2.61. The Hall–Kier alpha value is -0.650. The second-order valence-electron chi connectivity index (χ2n) is 5.72. The molecule has 0 saturated carbocycles. The minimum absolute atomic E-state index is 0.267. The highest BCUT2D eigenvalue weighted by Gasteiger charge is 2.34. The van der Waals surface area contributed by atoms with Gasteiger partial charge in [0.1, 0.15) is 5.54 Å². The van der Waals surface area contributed by atoms with Gasteiger partial charge in [0.15, 0.2) is 0 Å². The highest BCUT2D eigenvalue weighted by molar-refractivity contribution is 5.84. The number of likely N-dealkylation sites (tertiary alicyclic amines) is 1. The van der Waals surface area contributed by atoms with E-state index in [1.165, 1.54) is 12.8 Å². The summed E-state index contributed by atoms with van der Waals surface area (Å²) >= 11 is 0. The van der Waals surface area contributed by atoms with Crippen molar-refractivity contribution in [2.45, 2.75) is 38.3 Å². The summed E-state index contributed by atoms with van der Waals surface area (Å²) in [6.45, 7) is 7.42. The Kier molecular flexibility index (Phi) is 5.56. The van der Waals surface area contributed by atoms with Gasteiger partial charge in [0.05, 0.1) is 0 Å². The van der Waals surface area contributed by atoms with Gasteiger partial charge < -0.3 is 16.0 Å². The van der Waals surface area contributed by atoms with E-state index in [0.29, 0.717) is 12.6 Å². The lowest BCUT2D eigenvalue weighted by molar-refractivity contribution is -0.124. The fourth-order valence-corrected chi connectivity index (χ4v) is 2.65. The fourth-order valence-electron chi connectivity index (χ4n) is 2.65. The van der Waals surface area contributed by atoms with Crippen molar-refractivity contribution in [3.05, 3.63) is 0 Å². The van der Waals surface area contributed by atoms with E-state index < -0.39 is 5.54 Å². The van der Waals surface area contributed by atoms with E-state index in [-0.39, 0.29) is 5.91 Å². The van der Waals surface area contributed by atoms with Crippen LogP contribution in [-0.2, 0) is 4.79 Å². The van der Waals surface area contributed by atoms with Crippen LogP contribution in [0.4, 0.5) is 0 Å². The van der Waals surface area contributed by atoms with Crippen molar-refractivity contribution < 1.29 is 4.79 Å². The molecular formula is C13H28N4O. The predicted molar refractivity (Wildman–Crippen MR) is 74.4 cm³/mol. The minimum Gasteiger partial charge on any atom is -0.368 e. The quantitative estimate of drug-likeness (QED) is 0.695. The first kappa shape index (κ1) is 15.4. The minimum atomic E-state index is -0.622. The normalized spacial score (nSPS) is 25.1. The molecule has 5 nitrogen and oxygen atoms in total. The SMILES string of the molecule is CCNC(C)(CN1CCCC(N(C)C)C1)C(N)=O. The first-order chi connectivity index (χ1) is 8.39. The number of hydrogen-bond donors (Lipinski definition) is 2. The van der Waals surface area contributed by atoms with Crippen LogP contribution in [0.2, 0.25) is 0 Å². The highest BCUT2D eigenvalue weighted by atomic mass is 16.1. The summed E-state index contributed by atoms with van der Waals surface area (Å²) in [5.41, 5.74) is 4.91. The summed E-state index contributed by atoms with van der Waals surface area (Å²) in [6.07, 6.45) is 2.42. The van der Waals surface area contributed by atoms with Crippen LogP contribution >= 0.6 is 0 Å². The number of piperidine rings is 1. The van der Waals surface area contributed by atoms with Crippen LogP contribution in [0.5, 0.6) is 0 Å². The van der Waals surface area contributed by atoms with Crippen molar-refractivity contribution in [1.82, 2.24) is 15.1 Å². The van der Waals surface area contributed by atoms with Gasteiger partial charge in [-0.25, -0.2) is 0 Å². The van der Waals surface area contributed by atoms with Gasteiger partial charge in [0, 0.05) is 19.1 Å². The molecule has 1 aliphatic heterocycles. The molecule has 1 saturated heterocycles. The van der Waals surface area contributed by atoms with Crippen LogP contribution in [-0.4, -0.2) is 67.6 Å². The van der Waals surface area contributed by atoms with Crippen molar-refractivity contribution in [3.8, 4) is 0 Å². The van der Waals surface area contributed by atoms with E-state index in [2.05, 4.69) is 29.2 Å². The van der Waals surface area contributed by atoms with Crippen LogP contribution in [0.1, 0.15) is 26.7 Å². The molecule has 2 atom stereocenters. The van der Waals surface area contributed by atoms with Crippen LogP contribution in [0.25, 0.3) is 0 Å². The molecule has 1 amide bonds. The molecule has 1 fully saturated rings. The first-order valence-corrected chi connectivity index (χ1v) is 6.82. The number of hydrogen-bond acceptors (Lipinski definition) is 4. The summed E-state index contributed by atoms with van der Waals surface area (Å²) in [5.74, 6) is -0.267. The van der Waals surface area contributed by atoms with Gasteiger partial charge in [-0.3, -0.25) is 9.69 Å². The molecule has 106 valence electrons. The maximum atomic E-state index is 11.6. The third-order valence-electron chi connectivity index (χ3n) is 3.86. The first-order valence-electron chi connectivity index (χ1n) is 6.82. The second kappa shape index (κ2) is 6.50. The van der Waals surface area contributed by atoms with Crippen LogP contribution in [0.3, 0.4) is 0 Å². The number of carbonyl (C=O) groups excluding carboxylic acids is 1. The smallest absolute Gasteiger partial charge is 0.238 e. The number of nitrogens with one attached hydrogen (secondary N) is 1. The zero-order chi connectivity index (χ0) is 13.8. The topological polar surface area (TPSA) is 61.6 Å². The average Bonchev–Trinajstić information content (AvgIpc) is 2.29. The van der Waals surface area contributed by atoms with E-state index in [9.17, 15) is 4.79 Å². The van der Waals surface area contributed by atoms with Crippen molar-refractivity contribution >= 4 is 5.91 Å². The molecule has 1 heterocycles. The number of amides is 1. The van der Waals surface area contributed by atoms with E-state index in [4.69, 9.17) is 5.73 Å². The van der Waals surface area contributed by atoms with Gasteiger partial charge in [-0.2, -0.15) is 0 Å². The Balaban J connectivity index is 2.61. The number of carbonyl (C=O) groups is 1. The molecule has 1 rings (SSSR count). The Morgan fingerprint density at radius 2 is 2.22 bits per heavy atom. The zero-order valence-electron chi connectivity index (χ0n) is 12.2. The average molecular weight is 256 g/mol. The van der Waals surface area contributed by atoms with E-state index >= 15 is 0 Å². The Bertz CT molecular complexity index is 282. The Morgan fingerprint density at radius 3 is 2.72 bits per heavy atom. The third kappa shape index (κ3) is 3.93. The molecule has 0 aromatic carbocycles. The van der Waals surface area contributed by atoms with Crippen molar-refractivity contribution in [2.75, 3.05) is 40.3 Å². The van der Waals surface area contributed by atoms with Crippen LogP contribution in [0, 0.1) is 0 Å². The molecule has 0 spiro atoms. The second-order valence-corrected chi connectivity index (χ2v) is 5.72. The number of nitrogens with zero attached hydrogens (tertiary/aromatic N) is 2. The molecule has 18 heavy (non-hydrogen) atoms. The van der Waals surface area contributed by atoms with Crippen LogP contribution < -0.4 is 11.1 Å². The van der Waals surface area contributed by atoms with Crippen LogP contribution in [0.15, 0.2) is 0 Å². The largest absolute Gasteiger partial charge is 0.368 e. The molecule has 0 aromatic heterocycles. The molecule has 5 heteroatoms. The number of rotatable bonds is 6. The number of nitrogens with two attached hydrogens (primary N) is 1. The molecular weight excluding hydrogens is 228 g/mol. The molecule has 0 aliphatic carbocycles. The number of likely N-dealkylation sites (N-methyl/N-ethyl adjacent to an activating group) is 2. The lowest BCUT2D eigenvalue weighted by Gasteiger charge is -2.40. The summed E-state index contributed by atoms with van der Waals surface area (Å²) in [5, 5.41) is 3.22. The Labute approximate surface area is 111 Å².